The zero-order valence-corrected chi connectivity index (χ0v) is 17.5. The van der Waals surface area contributed by atoms with Gasteiger partial charge in [-0.25, -0.2) is 9.78 Å². The molecular weight excluding hydrogens is 422 g/mol. The Morgan fingerprint density at radius 1 is 1.20 bits per heavy atom. The molecule has 0 spiro atoms. The fourth-order valence-corrected chi connectivity index (χ4v) is 4.28. The number of aromatic nitrogens is 1. The molecule has 2 heterocycles. The van der Waals surface area contributed by atoms with Crippen LogP contribution in [0.15, 0.2) is 58.8 Å². The standard InChI is InChI=1S/C21H17N3O4S2/c1-12(19(26)24-21-23-16(10-30-21)13-5-3-2-4-6-13)28-20(27)14-7-8-17-15(9-14)22-18(25)11-29-17/h2-10,12H,11H2,1H3,(H,22,25)(H,23,24,26). The predicted octanol–water partition coefficient (Wildman–Crippen LogP) is 4.04. The highest BCUT2D eigenvalue weighted by Gasteiger charge is 2.22. The van der Waals surface area contributed by atoms with E-state index in [4.69, 9.17) is 4.74 Å². The highest BCUT2D eigenvalue weighted by Crippen LogP contribution is 2.32. The van der Waals surface area contributed by atoms with Crippen LogP contribution < -0.4 is 10.6 Å². The Bertz CT molecular complexity index is 1110. The maximum Gasteiger partial charge on any atom is 0.338 e. The van der Waals surface area contributed by atoms with Crippen molar-refractivity contribution in [3.05, 3.63) is 59.5 Å². The Kier molecular flexibility index (Phi) is 5.82. The largest absolute Gasteiger partial charge is 0.449 e. The van der Waals surface area contributed by atoms with Crippen molar-refractivity contribution in [2.75, 3.05) is 16.4 Å². The molecule has 1 aliphatic rings. The SMILES string of the molecule is CC(OC(=O)c1ccc2c(c1)NC(=O)CS2)C(=O)Nc1nc(-c2ccccc2)cs1. The number of anilines is 2. The Balaban J connectivity index is 1.38. The quantitative estimate of drug-likeness (QED) is 0.583. The van der Waals surface area contributed by atoms with Gasteiger partial charge in [0.15, 0.2) is 11.2 Å². The average Bonchev–Trinajstić information content (AvgIpc) is 3.22. The molecule has 2 amide bonds. The van der Waals surface area contributed by atoms with Gasteiger partial charge in [-0.15, -0.1) is 23.1 Å². The number of hydrogen-bond donors (Lipinski definition) is 2. The minimum absolute atomic E-state index is 0.121. The lowest BCUT2D eigenvalue weighted by Gasteiger charge is -2.17. The number of hydrogen-bond acceptors (Lipinski definition) is 7. The summed E-state index contributed by atoms with van der Waals surface area (Å²) in [5.74, 6) is -0.894. The number of nitrogens with zero attached hydrogens (tertiary/aromatic N) is 1. The highest BCUT2D eigenvalue weighted by atomic mass is 32.2. The van der Waals surface area contributed by atoms with Crippen LogP contribution in [-0.2, 0) is 14.3 Å². The van der Waals surface area contributed by atoms with E-state index >= 15 is 0 Å². The first-order valence-electron chi connectivity index (χ1n) is 9.09. The third kappa shape index (κ3) is 4.52. The van der Waals surface area contributed by atoms with Gasteiger partial charge in [0.2, 0.25) is 5.91 Å². The molecule has 152 valence electrons. The molecule has 4 rings (SSSR count). The normalized spacial score (nSPS) is 13.7. The second kappa shape index (κ2) is 8.68. The van der Waals surface area contributed by atoms with Gasteiger partial charge in [0.1, 0.15) is 0 Å². The van der Waals surface area contributed by atoms with Gasteiger partial charge in [-0.05, 0) is 25.1 Å². The summed E-state index contributed by atoms with van der Waals surface area (Å²) in [6.07, 6.45) is -1.01. The number of thioether (sulfide) groups is 1. The lowest BCUT2D eigenvalue weighted by molar-refractivity contribution is -0.123. The molecule has 30 heavy (non-hydrogen) atoms. The van der Waals surface area contributed by atoms with Gasteiger partial charge in [-0.2, -0.15) is 0 Å². The van der Waals surface area contributed by atoms with E-state index in [2.05, 4.69) is 15.6 Å². The molecule has 1 atom stereocenters. The van der Waals surface area contributed by atoms with Gasteiger partial charge in [0.25, 0.3) is 5.91 Å². The van der Waals surface area contributed by atoms with Crippen LogP contribution in [0, 0.1) is 0 Å². The van der Waals surface area contributed by atoms with E-state index in [0.717, 1.165) is 16.2 Å². The van der Waals surface area contributed by atoms with Gasteiger partial charge in [0.05, 0.1) is 22.7 Å². The Morgan fingerprint density at radius 2 is 2.00 bits per heavy atom. The summed E-state index contributed by atoms with van der Waals surface area (Å²) in [7, 11) is 0. The Labute approximate surface area is 180 Å². The van der Waals surface area contributed by atoms with Crippen molar-refractivity contribution in [3.8, 4) is 11.3 Å². The van der Waals surface area contributed by atoms with Crippen LogP contribution in [0.4, 0.5) is 10.8 Å². The summed E-state index contributed by atoms with van der Waals surface area (Å²) in [6.45, 7) is 1.50. The van der Waals surface area contributed by atoms with Crippen LogP contribution in [0.5, 0.6) is 0 Å². The second-order valence-electron chi connectivity index (χ2n) is 6.49. The first kappa shape index (κ1) is 20.1. The van der Waals surface area contributed by atoms with Gasteiger partial charge >= 0.3 is 5.97 Å². The van der Waals surface area contributed by atoms with Gasteiger partial charge in [-0.1, -0.05) is 30.3 Å². The van der Waals surface area contributed by atoms with Crippen molar-refractivity contribution in [2.45, 2.75) is 17.9 Å². The number of thiazole rings is 1. The number of amides is 2. The third-order valence-corrected chi connectivity index (χ3v) is 6.14. The smallest absolute Gasteiger partial charge is 0.338 e. The lowest BCUT2D eigenvalue weighted by atomic mass is 10.2. The van der Waals surface area contributed by atoms with Crippen LogP contribution in [0.25, 0.3) is 11.3 Å². The minimum Gasteiger partial charge on any atom is -0.449 e. The summed E-state index contributed by atoms with van der Waals surface area (Å²) >= 11 is 2.70. The molecule has 2 aromatic carbocycles. The van der Waals surface area contributed by atoms with Crippen molar-refractivity contribution in [1.82, 2.24) is 4.98 Å². The molecule has 1 aromatic heterocycles. The van der Waals surface area contributed by atoms with Crippen molar-refractivity contribution in [3.63, 3.8) is 0 Å². The van der Waals surface area contributed by atoms with Gasteiger partial charge in [-0.3, -0.25) is 14.9 Å². The maximum atomic E-state index is 12.4. The van der Waals surface area contributed by atoms with Crippen molar-refractivity contribution in [1.29, 1.82) is 0 Å². The van der Waals surface area contributed by atoms with E-state index in [-0.39, 0.29) is 11.5 Å². The number of rotatable bonds is 5. The number of carbonyl (C=O) groups excluding carboxylic acids is 3. The van der Waals surface area contributed by atoms with Crippen LogP contribution >= 0.6 is 23.1 Å². The lowest BCUT2D eigenvalue weighted by Crippen LogP contribution is -2.30. The molecule has 0 fully saturated rings. The number of carbonyl (C=O) groups is 3. The molecule has 2 N–H and O–H groups in total. The summed E-state index contributed by atoms with van der Waals surface area (Å²) < 4.78 is 5.29. The Hall–Kier alpha value is -3.17. The molecule has 3 aromatic rings. The van der Waals surface area contributed by atoms with Crippen molar-refractivity contribution < 1.29 is 19.1 Å². The number of benzene rings is 2. The average molecular weight is 440 g/mol. The van der Waals surface area contributed by atoms with Gasteiger partial charge in [0, 0.05) is 15.8 Å². The summed E-state index contributed by atoms with van der Waals surface area (Å²) in [5, 5.41) is 7.68. The van der Waals surface area contributed by atoms with E-state index in [1.54, 1.807) is 18.2 Å². The maximum absolute atomic E-state index is 12.4. The monoisotopic (exact) mass is 439 g/mol. The fraction of sp³-hybridized carbons (Fsp3) is 0.143. The molecule has 0 saturated heterocycles. The molecule has 0 saturated carbocycles. The first-order valence-corrected chi connectivity index (χ1v) is 11.0. The second-order valence-corrected chi connectivity index (χ2v) is 8.36. The molecule has 1 unspecified atom stereocenters. The van der Waals surface area contributed by atoms with E-state index in [9.17, 15) is 14.4 Å². The molecule has 7 nitrogen and oxygen atoms in total. The number of esters is 1. The third-order valence-electron chi connectivity index (χ3n) is 4.31. The zero-order chi connectivity index (χ0) is 21.1. The van der Waals surface area contributed by atoms with E-state index < -0.39 is 18.0 Å². The molecule has 9 heteroatoms. The van der Waals surface area contributed by atoms with Crippen LogP contribution in [0.3, 0.4) is 0 Å². The number of nitrogens with one attached hydrogen (secondary N) is 2. The summed E-state index contributed by atoms with van der Waals surface area (Å²) in [5.41, 5.74) is 2.54. The van der Waals surface area contributed by atoms with E-state index in [1.165, 1.54) is 30.0 Å². The molecule has 0 radical (unpaired) electrons. The highest BCUT2D eigenvalue weighted by molar-refractivity contribution is 8.00. The number of fused-ring (bicyclic) bond motifs is 1. The van der Waals surface area contributed by atoms with Crippen LogP contribution in [0.1, 0.15) is 17.3 Å². The van der Waals surface area contributed by atoms with Gasteiger partial charge < -0.3 is 10.1 Å². The first-order chi connectivity index (χ1) is 14.5. The minimum atomic E-state index is -1.01. The van der Waals surface area contributed by atoms with Crippen molar-refractivity contribution in [2.24, 2.45) is 0 Å². The van der Waals surface area contributed by atoms with E-state index in [0.29, 0.717) is 16.6 Å². The zero-order valence-electron chi connectivity index (χ0n) is 15.9. The molecule has 1 aliphatic heterocycles. The molecule has 0 aliphatic carbocycles. The molecule has 0 bridgehead atoms. The fourth-order valence-electron chi connectivity index (χ4n) is 2.77. The topological polar surface area (TPSA) is 97.4 Å². The molecular formula is C21H17N3O4S2. The van der Waals surface area contributed by atoms with E-state index in [1.807, 2.05) is 35.7 Å². The number of ether oxygens (including phenoxy) is 1. The Morgan fingerprint density at radius 3 is 2.80 bits per heavy atom. The van der Waals surface area contributed by atoms with Crippen LogP contribution in [-0.4, -0.2) is 34.6 Å². The summed E-state index contributed by atoms with van der Waals surface area (Å²) in [6, 6.07) is 14.5. The summed E-state index contributed by atoms with van der Waals surface area (Å²) in [4.78, 5) is 41.7. The van der Waals surface area contributed by atoms with Crippen LogP contribution in [0.2, 0.25) is 0 Å². The predicted molar refractivity (Wildman–Crippen MR) is 117 cm³/mol. The van der Waals surface area contributed by atoms with Crippen molar-refractivity contribution >= 4 is 51.7 Å².